The standard InChI is InChI=1S/C30H28F3NO5/c1-17-6-7-18(2)23(14-17)34-25(35)16-37-21-12-13-22-24(15-21)39-28(30(31,32)33)27(26(22)36)38-20-10-8-19(9-11-20)29(3,4)5/h6-15H,16H2,1-5H3,(H,34,35). The first-order valence-electron chi connectivity index (χ1n) is 12.2. The summed E-state index contributed by atoms with van der Waals surface area (Å²) in [6.45, 7) is 9.33. The van der Waals surface area contributed by atoms with Crippen molar-refractivity contribution in [1.82, 2.24) is 0 Å². The van der Waals surface area contributed by atoms with Crippen LogP contribution in [0, 0.1) is 13.8 Å². The summed E-state index contributed by atoms with van der Waals surface area (Å²) in [4.78, 5) is 25.4. The number of alkyl halides is 3. The van der Waals surface area contributed by atoms with E-state index < -0.39 is 35.6 Å². The predicted octanol–water partition coefficient (Wildman–Crippen LogP) is 7.54. The Hall–Kier alpha value is -4.27. The molecule has 39 heavy (non-hydrogen) atoms. The number of ether oxygens (including phenoxy) is 2. The number of anilines is 1. The molecular formula is C30H28F3NO5. The lowest BCUT2D eigenvalue weighted by molar-refractivity contribution is -0.154. The molecule has 1 N–H and O–H groups in total. The molecule has 0 bridgehead atoms. The Morgan fingerprint density at radius 3 is 2.23 bits per heavy atom. The third-order valence-corrected chi connectivity index (χ3v) is 6.06. The lowest BCUT2D eigenvalue weighted by Gasteiger charge is -2.19. The summed E-state index contributed by atoms with van der Waals surface area (Å²) in [5, 5.41) is 2.61. The van der Waals surface area contributed by atoms with Gasteiger partial charge in [0.2, 0.25) is 11.2 Å². The third-order valence-electron chi connectivity index (χ3n) is 6.06. The van der Waals surface area contributed by atoms with Crippen LogP contribution in [-0.2, 0) is 16.4 Å². The molecular weight excluding hydrogens is 511 g/mol. The zero-order valence-corrected chi connectivity index (χ0v) is 22.2. The molecule has 0 fully saturated rings. The van der Waals surface area contributed by atoms with E-state index in [2.05, 4.69) is 5.32 Å². The average molecular weight is 540 g/mol. The highest BCUT2D eigenvalue weighted by Gasteiger charge is 2.40. The number of fused-ring (bicyclic) bond motifs is 1. The van der Waals surface area contributed by atoms with Gasteiger partial charge in [-0.05, 0) is 66.3 Å². The van der Waals surface area contributed by atoms with E-state index in [0.717, 1.165) is 22.8 Å². The fourth-order valence-electron chi connectivity index (χ4n) is 3.87. The summed E-state index contributed by atoms with van der Waals surface area (Å²) in [6.07, 6.45) is -5.00. The zero-order valence-electron chi connectivity index (χ0n) is 22.2. The fraction of sp³-hybridized carbons (Fsp3) is 0.267. The van der Waals surface area contributed by atoms with Crippen molar-refractivity contribution < 1.29 is 31.9 Å². The van der Waals surface area contributed by atoms with Gasteiger partial charge in [-0.2, -0.15) is 13.2 Å². The molecule has 3 aromatic carbocycles. The topological polar surface area (TPSA) is 77.8 Å². The van der Waals surface area contributed by atoms with Gasteiger partial charge in [0, 0.05) is 11.8 Å². The van der Waals surface area contributed by atoms with E-state index in [0.29, 0.717) is 5.69 Å². The number of carbonyl (C=O) groups excluding carboxylic acids is 1. The van der Waals surface area contributed by atoms with Crippen molar-refractivity contribution in [2.24, 2.45) is 0 Å². The van der Waals surface area contributed by atoms with Gasteiger partial charge in [0.1, 0.15) is 17.1 Å². The first kappa shape index (κ1) is 27.8. The minimum atomic E-state index is -5.00. The quantitative estimate of drug-likeness (QED) is 0.274. The van der Waals surface area contributed by atoms with E-state index in [4.69, 9.17) is 13.9 Å². The van der Waals surface area contributed by atoms with Gasteiger partial charge in [0.25, 0.3) is 11.7 Å². The van der Waals surface area contributed by atoms with Crippen molar-refractivity contribution in [3.8, 4) is 17.2 Å². The normalized spacial score (nSPS) is 11.9. The maximum atomic E-state index is 13.9. The van der Waals surface area contributed by atoms with Crippen molar-refractivity contribution in [2.75, 3.05) is 11.9 Å². The van der Waals surface area contributed by atoms with Gasteiger partial charge >= 0.3 is 6.18 Å². The Morgan fingerprint density at radius 1 is 0.923 bits per heavy atom. The molecule has 0 aliphatic heterocycles. The van der Waals surface area contributed by atoms with E-state index in [1.807, 2.05) is 52.8 Å². The molecule has 0 saturated carbocycles. The van der Waals surface area contributed by atoms with Crippen molar-refractivity contribution in [3.63, 3.8) is 0 Å². The molecule has 0 aliphatic rings. The van der Waals surface area contributed by atoms with Crippen molar-refractivity contribution in [1.29, 1.82) is 0 Å². The summed E-state index contributed by atoms with van der Waals surface area (Å²) in [6, 6.07) is 15.8. The zero-order chi connectivity index (χ0) is 28.5. The van der Waals surface area contributed by atoms with Gasteiger partial charge in [0.05, 0.1) is 5.39 Å². The van der Waals surface area contributed by atoms with Crippen LogP contribution in [0.25, 0.3) is 11.0 Å². The highest BCUT2D eigenvalue weighted by atomic mass is 19.4. The number of amides is 1. The molecule has 6 nitrogen and oxygen atoms in total. The number of rotatable bonds is 6. The van der Waals surface area contributed by atoms with Gasteiger partial charge in [0.15, 0.2) is 6.61 Å². The monoisotopic (exact) mass is 539 g/mol. The van der Waals surface area contributed by atoms with E-state index in [1.165, 1.54) is 24.3 Å². The van der Waals surface area contributed by atoms with Crippen LogP contribution in [0.15, 0.2) is 69.9 Å². The number of nitrogens with one attached hydrogen (secondary N) is 1. The molecule has 0 spiro atoms. The summed E-state index contributed by atoms with van der Waals surface area (Å²) in [5.41, 5.74) is 1.90. The Bertz CT molecular complexity index is 1580. The Labute approximate surface area is 223 Å². The smallest absolute Gasteiger partial charge is 0.453 e. The predicted molar refractivity (Wildman–Crippen MR) is 143 cm³/mol. The van der Waals surface area contributed by atoms with E-state index in [1.54, 1.807) is 12.1 Å². The second-order valence-corrected chi connectivity index (χ2v) is 10.3. The van der Waals surface area contributed by atoms with Gasteiger partial charge in [-0.25, -0.2) is 0 Å². The van der Waals surface area contributed by atoms with Crippen molar-refractivity contribution in [3.05, 3.63) is 93.3 Å². The van der Waals surface area contributed by atoms with E-state index >= 15 is 0 Å². The molecule has 4 rings (SSSR count). The average Bonchev–Trinajstić information content (AvgIpc) is 2.85. The molecule has 0 aliphatic carbocycles. The van der Waals surface area contributed by atoms with E-state index in [9.17, 15) is 22.8 Å². The first-order chi connectivity index (χ1) is 18.2. The second-order valence-electron chi connectivity index (χ2n) is 10.3. The Balaban J connectivity index is 1.60. The number of halogens is 3. The van der Waals surface area contributed by atoms with Gasteiger partial charge in [-0.15, -0.1) is 0 Å². The second kappa shape index (κ2) is 10.5. The molecule has 0 radical (unpaired) electrons. The molecule has 4 aromatic rings. The highest BCUT2D eigenvalue weighted by Crippen LogP contribution is 2.39. The minimum absolute atomic E-state index is 0.0568. The van der Waals surface area contributed by atoms with Crippen LogP contribution in [0.1, 0.15) is 43.2 Å². The number of hydrogen-bond acceptors (Lipinski definition) is 5. The maximum absolute atomic E-state index is 13.9. The summed E-state index contributed by atoms with van der Waals surface area (Å²) >= 11 is 0. The summed E-state index contributed by atoms with van der Waals surface area (Å²) < 4.78 is 57.7. The molecule has 1 aromatic heterocycles. The van der Waals surface area contributed by atoms with Crippen LogP contribution in [0.2, 0.25) is 0 Å². The number of benzene rings is 3. The molecule has 0 unspecified atom stereocenters. The van der Waals surface area contributed by atoms with Gasteiger partial charge < -0.3 is 19.2 Å². The number of aryl methyl sites for hydroxylation is 2. The molecule has 1 heterocycles. The lowest BCUT2D eigenvalue weighted by atomic mass is 9.87. The third kappa shape index (κ3) is 6.42. The number of hydrogen-bond donors (Lipinski definition) is 1. The van der Waals surface area contributed by atoms with Crippen molar-refractivity contribution >= 4 is 22.6 Å². The van der Waals surface area contributed by atoms with Crippen LogP contribution in [0.5, 0.6) is 17.2 Å². The van der Waals surface area contributed by atoms with E-state index in [-0.39, 0.29) is 27.9 Å². The van der Waals surface area contributed by atoms with Crippen LogP contribution in [0.3, 0.4) is 0 Å². The van der Waals surface area contributed by atoms with Crippen LogP contribution >= 0.6 is 0 Å². The molecule has 0 atom stereocenters. The largest absolute Gasteiger partial charge is 0.484 e. The van der Waals surface area contributed by atoms with Crippen LogP contribution in [0.4, 0.5) is 18.9 Å². The SMILES string of the molecule is Cc1ccc(C)c(NC(=O)COc2ccc3c(=O)c(Oc4ccc(C(C)(C)C)cc4)c(C(F)(F)F)oc3c2)c1. The fourth-order valence-corrected chi connectivity index (χ4v) is 3.87. The van der Waals surface area contributed by atoms with Crippen LogP contribution < -0.4 is 20.2 Å². The van der Waals surface area contributed by atoms with Gasteiger partial charge in [-0.3, -0.25) is 9.59 Å². The highest BCUT2D eigenvalue weighted by molar-refractivity contribution is 5.92. The molecule has 0 saturated heterocycles. The maximum Gasteiger partial charge on any atom is 0.453 e. The lowest BCUT2D eigenvalue weighted by Crippen LogP contribution is -2.20. The summed E-state index contributed by atoms with van der Waals surface area (Å²) in [5.74, 6) is -2.86. The minimum Gasteiger partial charge on any atom is -0.484 e. The molecule has 1 amide bonds. The first-order valence-corrected chi connectivity index (χ1v) is 12.2. The van der Waals surface area contributed by atoms with Crippen LogP contribution in [-0.4, -0.2) is 12.5 Å². The van der Waals surface area contributed by atoms with Gasteiger partial charge in [-0.1, -0.05) is 45.0 Å². The molecule has 9 heteroatoms. The molecule has 204 valence electrons. The van der Waals surface area contributed by atoms with Crippen molar-refractivity contribution in [2.45, 2.75) is 46.2 Å². The number of carbonyl (C=O) groups is 1. The Kier molecular flexibility index (Phi) is 7.46. The Morgan fingerprint density at radius 2 is 1.59 bits per heavy atom. The summed E-state index contributed by atoms with van der Waals surface area (Å²) in [7, 11) is 0.